The number of benzene rings is 1. The molecule has 0 bridgehead atoms. The summed E-state index contributed by atoms with van der Waals surface area (Å²) in [5.74, 6) is 0.0863. The molecule has 6 nitrogen and oxygen atoms in total. The van der Waals surface area contributed by atoms with Gasteiger partial charge in [-0.3, -0.25) is 14.9 Å². The lowest BCUT2D eigenvalue weighted by Crippen LogP contribution is -2.22. The summed E-state index contributed by atoms with van der Waals surface area (Å²) in [4.78, 5) is 22.5. The number of nitrogens with one attached hydrogen (secondary N) is 1. The second-order valence-corrected chi connectivity index (χ2v) is 4.37. The molecule has 6 heteroatoms. The van der Waals surface area contributed by atoms with E-state index >= 15 is 0 Å². The monoisotopic (exact) mass is 280 g/mol. The Morgan fingerprint density at radius 3 is 2.50 bits per heavy atom. The Hall–Kier alpha value is -2.11. The molecule has 0 aromatic heterocycles. The van der Waals surface area contributed by atoms with Crippen LogP contribution in [0.1, 0.15) is 33.6 Å². The summed E-state index contributed by atoms with van der Waals surface area (Å²) in [6, 6.07) is 4.44. The van der Waals surface area contributed by atoms with Gasteiger partial charge in [-0.25, -0.2) is 0 Å². The van der Waals surface area contributed by atoms with Crippen LogP contribution in [0.15, 0.2) is 18.2 Å². The van der Waals surface area contributed by atoms with Crippen LogP contribution in [0.3, 0.4) is 0 Å². The van der Waals surface area contributed by atoms with Gasteiger partial charge in [-0.15, -0.1) is 0 Å². The van der Waals surface area contributed by atoms with Gasteiger partial charge in [-0.2, -0.15) is 0 Å². The average molecular weight is 280 g/mol. The molecule has 0 aliphatic rings. The van der Waals surface area contributed by atoms with Crippen molar-refractivity contribution in [2.24, 2.45) is 5.92 Å². The normalized spacial score (nSPS) is 10.4. The van der Waals surface area contributed by atoms with Gasteiger partial charge >= 0.3 is 0 Å². The first-order valence-electron chi connectivity index (χ1n) is 6.75. The highest BCUT2D eigenvalue weighted by molar-refractivity contribution is 5.94. The first kappa shape index (κ1) is 15.9. The molecule has 1 amide bonds. The Morgan fingerprint density at radius 2 is 2.00 bits per heavy atom. The van der Waals surface area contributed by atoms with Crippen LogP contribution in [0.2, 0.25) is 0 Å². The highest BCUT2D eigenvalue weighted by atomic mass is 16.6. The van der Waals surface area contributed by atoms with E-state index in [0.29, 0.717) is 25.2 Å². The highest BCUT2D eigenvalue weighted by Crippen LogP contribution is 2.29. The van der Waals surface area contributed by atoms with E-state index in [-0.39, 0.29) is 23.2 Å². The van der Waals surface area contributed by atoms with Crippen molar-refractivity contribution in [2.45, 2.75) is 33.6 Å². The molecule has 1 N–H and O–H groups in total. The van der Waals surface area contributed by atoms with Crippen LogP contribution < -0.4 is 10.1 Å². The number of nitro benzene ring substituents is 1. The van der Waals surface area contributed by atoms with Crippen molar-refractivity contribution >= 4 is 17.3 Å². The predicted molar refractivity (Wildman–Crippen MR) is 77.0 cm³/mol. The fraction of sp³-hybridized carbons (Fsp3) is 0.500. The van der Waals surface area contributed by atoms with Crippen LogP contribution in [0, 0.1) is 16.0 Å². The van der Waals surface area contributed by atoms with Gasteiger partial charge in [0.2, 0.25) is 5.91 Å². The molecule has 0 aliphatic carbocycles. The third-order valence-electron chi connectivity index (χ3n) is 3.09. The molecular weight excluding hydrogens is 260 g/mol. The quantitative estimate of drug-likeness (QED) is 0.613. The van der Waals surface area contributed by atoms with E-state index in [0.717, 1.165) is 0 Å². The first-order chi connectivity index (χ1) is 9.53. The van der Waals surface area contributed by atoms with Crippen molar-refractivity contribution < 1.29 is 14.5 Å². The van der Waals surface area contributed by atoms with Crippen LogP contribution in [-0.2, 0) is 4.79 Å². The number of anilines is 1. The summed E-state index contributed by atoms with van der Waals surface area (Å²) < 4.78 is 5.23. The summed E-state index contributed by atoms with van der Waals surface area (Å²) >= 11 is 0. The average Bonchev–Trinajstić information content (AvgIpc) is 2.42. The van der Waals surface area contributed by atoms with E-state index in [1.165, 1.54) is 12.1 Å². The van der Waals surface area contributed by atoms with E-state index in [1.54, 1.807) is 13.0 Å². The zero-order chi connectivity index (χ0) is 15.1. The molecule has 0 atom stereocenters. The summed E-state index contributed by atoms with van der Waals surface area (Å²) in [7, 11) is 0. The minimum absolute atomic E-state index is 0.138. The lowest BCUT2D eigenvalue weighted by molar-refractivity contribution is -0.384. The second-order valence-electron chi connectivity index (χ2n) is 4.37. The predicted octanol–water partition coefficient (Wildman–Crippen LogP) is 3.37. The highest BCUT2D eigenvalue weighted by Gasteiger charge is 2.20. The van der Waals surface area contributed by atoms with Crippen molar-refractivity contribution in [3.05, 3.63) is 28.3 Å². The Kier molecular flexibility index (Phi) is 5.96. The molecule has 0 spiro atoms. The number of carbonyl (C=O) groups excluding carboxylic acids is 1. The smallest absolute Gasteiger partial charge is 0.296 e. The molecule has 1 rings (SSSR count). The maximum absolute atomic E-state index is 12.0. The third-order valence-corrected chi connectivity index (χ3v) is 3.09. The van der Waals surface area contributed by atoms with Gasteiger partial charge in [0.1, 0.15) is 11.4 Å². The molecule has 0 fully saturated rings. The lowest BCUT2D eigenvalue weighted by Gasteiger charge is -2.13. The SMILES string of the molecule is CCOc1ccc(NC(=O)C(CC)CC)c([N+](=O)[O-])c1. The summed E-state index contributed by atoms with van der Waals surface area (Å²) in [6.07, 6.45) is 1.40. The number of nitro groups is 1. The zero-order valence-corrected chi connectivity index (χ0v) is 12.0. The number of nitrogens with zero attached hydrogens (tertiary/aromatic N) is 1. The summed E-state index contributed by atoms with van der Waals surface area (Å²) in [5.41, 5.74) is 0.0469. The van der Waals surface area contributed by atoms with Gasteiger partial charge in [0, 0.05) is 5.92 Å². The molecule has 0 heterocycles. The fourth-order valence-corrected chi connectivity index (χ4v) is 1.92. The van der Waals surface area contributed by atoms with Crippen molar-refractivity contribution in [2.75, 3.05) is 11.9 Å². The van der Waals surface area contributed by atoms with Crippen LogP contribution >= 0.6 is 0 Å². The van der Waals surface area contributed by atoms with Crippen LogP contribution in [0.4, 0.5) is 11.4 Å². The number of amides is 1. The maximum atomic E-state index is 12.0. The Labute approximate surface area is 118 Å². The van der Waals surface area contributed by atoms with Crippen LogP contribution in [0.25, 0.3) is 0 Å². The van der Waals surface area contributed by atoms with Crippen LogP contribution in [0.5, 0.6) is 5.75 Å². The number of rotatable bonds is 7. The van der Waals surface area contributed by atoms with Crippen molar-refractivity contribution in [3.63, 3.8) is 0 Å². The molecule has 1 aromatic carbocycles. The number of ether oxygens (including phenoxy) is 1. The Balaban J connectivity index is 2.99. The minimum atomic E-state index is -0.523. The first-order valence-corrected chi connectivity index (χ1v) is 6.75. The summed E-state index contributed by atoms with van der Waals surface area (Å²) in [6.45, 7) is 6.06. The Morgan fingerprint density at radius 1 is 1.35 bits per heavy atom. The zero-order valence-electron chi connectivity index (χ0n) is 12.0. The second kappa shape index (κ2) is 7.47. The fourth-order valence-electron chi connectivity index (χ4n) is 1.92. The topological polar surface area (TPSA) is 81.5 Å². The van der Waals surface area contributed by atoms with E-state index < -0.39 is 4.92 Å². The minimum Gasteiger partial charge on any atom is -0.494 e. The molecule has 0 saturated heterocycles. The molecule has 0 unspecified atom stereocenters. The number of carbonyl (C=O) groups is 1. The largest absolute Gasteiger partial charge is 0.494 e. The van der Waals surface area contributed by atoms with Crippen molar-refractivity contribution in [1.82, 2.24) is 0 Å². The van der Waals surface area contributed by atoms with Gasteiger partial charge in [-0.05, 0) is 31.9 Å². The Bertz CT molecular complexity index is 484. The van der Waals surface area contributed by atoms with Gasteiger partial charge in [-0.1, -0.05) is 13.8 Å². The summed E-state index contributed by atoms with van der Waals surface area (Å²) in [5, 5.41) is 13.7. The van der Waals surface area contributed by atoms with Gasteiger partial charge < -0.3 is 10.1 Å². The molecule has 0 radical (unpaired) electrons. The molecule has 0 aliphatic heterocycles. The lowest BCUT2D eigenvalue weighted by atomic mass is 10.0. The molecular formula is C14H20N2O4. The van der Waals surface area contributed by atoms with Gasteiger partial charge in [0.25, 0.3) is 5.69 Å². The van der Waals surface area contributed by atoms with E-state index in [2.05, 4.69) is 5.32 Å². The molecule has 20 heavy (non-hydrogen) atoms. The van der Waals surface area contributed by atoms with Crippen LogP contribution in [-0.4, -0.2) is 17.4 Å². The number of hydrogen-bond acceptors (Lipinski definition) is 4. The third kappa shape index (κ3) is 3.94. The van der Waals surface area contributed by atoms with Crippen molar-refractivity contribution in [3.8, 4) is 5.75 Å². The van der Waals surface area contributed by atoms with Crippen molar-refractivity contribution in [1.29, 1.82) is 0 Å². The molecule has 110 valence electrons. The standard InChI is InChI=1S/C14H20N2O4/c1-4-10(5-2)14(17)15-12-8-7-11(20-6-3)9-13(12)16(18)19/h7-10H,4-6H2,1-3H3,(H,15,17). The number of hydrogen-bond donors (Lipinski definition) is 1. The van der Waals surface area contributed by atoms with E-state index in [1.807, 2.05) is 13.8 Å². The molecule has 1 aromatic rings. The van der Waals surface area contributed by atoms with Gasteiger partial charge in [0.05, 0.1) is 17.6 Å². The maximum Gasteiger partial charge on any atom is 0.296 e. The van der Waals surface area contributed by atoms with Gasteiger partial charge in [0.15, 0.2) is 0 Å². The van der Waals surface area contributed by atoms with E-state index in [9.17, 15) is 14.9 Å². The molecule has 0 saturated carbocycles. The van der Waals surface area contributed by atoms with E-state index in [4.69, 9.17) is 4.74 Å².